The van der Waals surface area contributed by atoms with Crippen LogP contribution >= 0.6 is 0 Å². The van der Waals surface area contributed by atoms with Crippen LogP contribution in [0.25, 0.3) is 0 Å². The summed E-state index contributed by atoms with van der Waals surface area (Å²) in [5.41, 5.74) is 2.33. The fourth-order valence-corrected chi connectivity index (χ4v) is 2.22. The zero-order valence-corrected chi connectivity index (χ0v) is 13.6. The molecule has 4 nitrogen and oxygen atoms in total. The third kappa shape index (κ3) is 6.92. The van der Waals surface area contributed by atoms with Crippen LogP contribution in [-0.4, -0.2) is 24.9 Å². The topological polar surface area (TPSA) is 58.2 Å². The maximum atomic E-state index is 11.7. The Labute approximate surface area is 142 Å². The fourth-order valence-electron chi connectivity index (χ4n) is 2.22. The van der Waals surface area contributed by atoms with E-state index in [9.17, 15) is 9.59 Å². The lowest BCUT2D eigenvalue weighted by atomic mass is 10.1. The van der Waals surface area contributed by atoms with Gasteiger partial charge in [-0.1, -0.05) is 60.7 Å². The molecule has 0 saturated heterocycles. The second kappa shape index (κ2) is 10.0. The van der Waals surface area contributed by atoms with Crippen molar-refractivity contribution in [3.05, 3.63) is 83.9 Å². The van der Waals surface area contributed by atoms with Gasteiger partial charge in [-0.2, -0.15) is 0 Å². The molecule has 2 rings (SSSR count). The number of benzene rings is 2. The van der Waals surface area contributed by atoms with Gasteiger partial charge in [0.25, 0.3) is 0 Å². The number of carbonyl (C=O) groups excluding carboxylic acids is 2. The van der Waals surface area contributed by atoms with Gasteiger partial charge < -0.3 is 10.6 Å². The molecule has 0 aliphatic heterocycles. The summed E-state index contributed by atoms with van der Waals surface area (Å²) in [6.45, 7) is 1.09. The highest BCUT2D eigenvalue weighted by atomic mass is 16.2. The van der Waals surface area contributed by atoms with Crippen LogP contribution in [0.4, 0.5) is 0 Å². The first-order valence-corrected chi connectivity index (χ1v) is 8.05. The lowest BCUT2D eigenvalue weighted by molar-refractivity contribution is -0.118. The van der Waals surface area contributed by atoms with E-state index in [0.717, 1.165) is 12.8 Å². The van der Waals surface area contributed by atoms with Crippen molar-refractivity contribution >= 4 is 11.8 Å². The van der Waals surface area contributed by atoms with E-state index in [1.165, 1.54) is 23.3 Å². The predicted molar refractivity (Wildman–Crippen MR) is 95.5 cm³/mol. The Morgan fingerprint density at radius 1 is 0.667 bits per heavy atom. The normalized spacial score (nSPS) is 10.5. The lowest BCUT2D eigenvalue weighted by Crippen LogP contribution is -2.26. The highest BCUT2D eigenvalue weighted by molar-refractivity contribution is 5.96. The van der Waals surface area contributed by atoms with Gasteiger partial charge in [0.1, 0.15) is 0 Å². The minimum atomic E-state index is -0.260. The SMILES string of the molecule is O=C(/C=C\C(=O)NCCc1ccccc1)NCCc1ccccc1. The van der Waals surface area contributed by atoms with E-state index >= 15 is 0 Å². The minimum absolute atomic E-state index is 0.260. The first-order valence-electron chi connectivity index (χ1n) is 8.05. The predicted octanol–water partition coefficient (Wildman–Crippen LogP) is 2.26. The molecule has 0 unspecified atom stereocenters. The van der Waals surface area contributed by atoms with Crippen molar-refractivity contribution in [3.63, 3.8) is 0 Å². The van der Waals surface area contributed by atoms with E-state index in [-0.39, 0.29) is 11.8 Å². The monoisotopic (exact) mass is 322 g/mol. The van der Waals surface area contributed by atoms with Crippen LogP contribution in [0.5, 0.6) is 0 Å². The first kappa shape index (κ1) is 17.5. The van der Waals surface area contributed by atoms with Crippen LogP contribution in [0.15, 0.2) is 72.8 Å². The summed E-state index contributed by atoms with van der Waals surface area (Å²) in [7, 11) is 0. The van der Waals surface area contributed by atoms with Crippen molar-refractivity contribution in [3.8, 4) is 0 Å². The molecule has 0 heterocycles. The standard InChI is InChI=1S/C20H22N2O2/c23-19(21-15-13-17-7-3-1-4-8-17)11-12-20(24)22-16-14-18-9-5-2-6-10-18/h1-12H,13-16H2,(H,21,23)(H,22,24)/b12-11-. The Balaban J connectivity index is 1.61. The van der Waals surface area contributed by atoms with Crippen molar-refractivity contribution in [1.82, 2.24) is 10.6 Å². The molecule has 2 N–H and O–H groups in total. The van der Waals surface area contributed by atoms with E-state index in [2.05, 4.69) is 10.6 Å². The van der Waals surface area contributed by atoms with Crippen molar-refractivity contribution < 1.29 is 9.59 Å². The third-order valence-corrected chi connectivity index (χ3v) is 3.50. The average Bonchev–Trinajstić information content (AvgIpc) is 2.62. The highest BCUT2D eigenvalue weighted by Crippen LogP contribution is 1.99. The van der Waals surface area contributed by atoms with E-state index < -0.39 is 0 Å². The number of rotatable bonds is 8. The van der Waals surface area contributed by atoms with Crippen LogP contribution < -0.4 is 10.6 Å². The maximum absolute atomic E-state index is 11.7. The zero-order chi connectivity index (χ0) is 17.0. The largest absolute Gasteiger partial charge is 0.352 e. The van der Waals surface area contributed by atoms with Crippen LogP contribution in [0.1, 0.15) is 11.1 Å². The number of hydrogen-bond acceptors (Lipinski definition) is 2. The fraction of sp³-hybridized carbons (Fsp3) is 0.200. The van der Waals surface area contributed by atoms with Crippen LogP contribution in [-0.2, 0) is 22.4 Å². The van der Waals surface area contributed by atoms with E-state index in [1.807, 2.05) is 60.7 Å². The smallest absolute Gasteiger partial charge is 0.244 e. The summed E-state index contributed by atoms with van der Waals surface area (Å²) in [5.74, 6) is -0.520. The molecule has 0 aliphatic carbocycles. The Hall–Kier alpha value is -2.88. The van der Waals surface area contributed by atoms with Crippen LogP contribution in [0.2, 0.25) is 0 Å². The average molecular weight is 322 g/mol. The quantitative estimate of drug-likeness (QED) is 0.733. The van der Waals surface area contributed by atoms with Gasteiger partial charge in [0.05, 0.1) is 0 Å². The van der Waals surface area contributed by atoms with Crippen LogP contribution in [0.3, 0.4) is 0 Å². The summed E-state index contributed by atoms with van der Waals surface area (Å²) in [6.07, 6.45) is 4.07. The van der Waals surface area contributed by atoms with Gasteiger partial charge in [-0.25, -0.2) is 0 Å². The van der Waals surface area contributed by atoms with E-state index in [1.54, 1.807) is 0 Å². The van der Waals surface area contributed by atoms with Crippen molar-refractivity contribution in [2.75, 3.05) is 13.1 Å². The Kier molecular flexibility index (Phi) is 7.28. The molecule has 0 aliphatic rings. The second-order valence-corrected chi connectivity index (χ2v) is 5.39. The molecule has 0 spiro atoms. The molecular formula is C20H22N2O2. The van der Waals surface area contributed by atoms with Crippen molar-refractivity contribution in [1.29, 1.82) is 0 Å². The summed E-state index contributed by atoms with van der Waals surface area (Å²) >= 11 is 0. The number of nitrogens with one attached hydrogen (secondary N) is 2. The lowest BCUT2D eigenvalue weighted by Gasteiger charge is -2.03. The summed E-state index contributed by atoms with van der Waals surface area (Å²) in [6, 6.07) is 19.9. The zero-order valence-electron chi connectivity index (χ0n) is 13.6. The molecule has 4 heteroatoms. The molecule has 124 valence electrons. The van der Waals surface area contributed by atoms with Gasteiger partial charge >= 0.3 is 0 Å². The van der Waals surface area contributed by atoms with Gasteiger partial charge in [0.2, 0.25) is 11.8 Å². The van der Waals surface area contributed by atoms with Gasteiger partial charge in [-0.05, 0) is 24.0 Å². The Morgan fingerprint density at radius 2 is 1.04 bits per heavy atom. The van der Waals surface area contributed by atoms with Crippen molar-refractivity contribution in [2.24, 2.45) is 0 Å². The highest BCUT2D eigenvalue weighted by Gasteiger charge is 1.99. The molecule has 0 radical (unpaired) electrons. The number of amides is 2. The Bertz CT molecular complexity index is 607. The molecule has 0 atom stereocenters. The molecule has 2 aromatic carbocycles. The first-order chi connectivity index (χ1) is 11.7. The van der Waals surface area contributed by atoms with Crippen LogP contribution in [0, 0.1) is 0 Å². The summed E-state index contributed by atoms with van der Waals surface area (Å²) in [4.78, 5) is 23.3. The van der Waals surface area contributed by atoms with E-state index in [0.29, 0.717) is 13.1 Å². The Morgan fingerprint density at radius 3 is 1.42 bits per heavy atom. The molecule has 0 fully saturated rings. The van der Waals surface area contributed by atoms with Gasteiger partial charge in [-0.3, -0.25) is 9.59 Å². The van der Waals surface area contributed by atoms with Crippen molar-refractivity contribution in [2.45, 2.75) is 12.8 Å². The number of carbonyl (C=O) groups is 2. The molecule has 2 aromatic rings. The van der Waals surface area contributed by atoms with E-state index in [4.69, 9.17) is 0 Å². The second-order valence-electron chi connectivity index (χ2n) is 5.39. The molecule has 2 amide bonds. The molecule has 0 aromatic heterocycles. The molecular weight excluding hydrogens is 300 g/mol. The van der Waals surface area contributed by atoms with Gasteiger partial charge in [0.15, 0.2) is 0 Å². The summed E-state index contributed by atoms with van der Waals surface area (Å²) in [5, 5.41) is 5.53. The molecule has 0 saturated carbocycles. The maximum Gasteiger partial charge on any atom is 0.244 e. The van der Waals surface area contributed by atoms with Gasteiger partial charge in [-0.15, -0.1) is 0 Å². The third-order valence-electron chi connectivity index (χ3n) is 3.50. The molecule has 0 bridgehead atoms. The summed E-state index contributed by atoms with van der Waals surface area (Å²) < 4.78 is 0. The molecule has 24 heavy (non-hydrogen) atoms. The number of hydrogen-bond donors (Lipinski definition) is 2. The minimum Gasteiger partial charge on any atom is -0.352 e. The van der Waals surface area contributed by atoms with Gasteiger partial charge in [0, 0.05) is 25.2 Å².